The lowest BCUT2D eigenvalue weighted by molar-refractivity contribution is -0.113. The van der Waals surface area contributed by atoms with Crippen LogP contribution in [0.5, 0.6) is 11.5 Å². The summed E-state index contributed by atoms with van der Waals surface area (Å²) in [4.78, 5) is 25.3. The summed E-state index contributed by atoms with van der Waals surface area (Å²) in [6.45, 7) is 6.20. The van der Waals surface area contributed by atoms with Gasteiger partial charge in [0, 0.05) is 48.3 Å². The van der Waals surface area contributed by atoms with Crippen molar-refractivity contribution < 1.29 is 14.3 Å². The topological polar surface area (TPSA) is 75.5 Å². The zero-order valence-electron chi connectivity index (χ0n) is 19.1. The van der Waals surface area contributed by atoms with Gasteiger partial charge in [-0.3, -0.25) is 9.79 Å². The second-order valence-corrected chi connectivity index (χ2v) is 9.90. The summed E-state index contributed by atoms with van der Waals surface area (Å²) in [5.74, 6) is 1.47. The number of nitrogens with zero attached hydrogens (tertiary/aromatic N) is 3. The van der Waals surface area contributed by atoms with Gasteiger partial charge in [-0.05, 0) is 30.8 Å². The highest BCUT2D eigenvalue weighted by molar-refractivity contribution is 8.16. The van der Waals surface area contributed by atoms with Crippen LogP contribution in [-0.4, -0.2) is 65.8 Å². The van der Waals surface area contributed by atoms with Crippen LogP contribution in [0, 0.1) is 0 Å². The van der Waals surface area contributed by atoms with Crippen LogP contribution in [0.15, 0.2) is 52.4 Å². The third-order valence-corrected chi connectivity index (χ3v) is 7.44. The highest BCUT2D eigenvalue weighted by atomic mass is 35.5. The molecular weight excluding hydrogens is 472 g/mol. The molecule has 1 fully saturated rings. The summed E-state index contributed by atoms with van der Waals surface area (Å²) in [7, 11) is 0. The van der Waals surface area contributed by atoms with Crippen molar-refractivity contribution in [3.05, 3.63) is 53.1 Å². The van der Waals surface area contributed by atoms with Crippen molar-refractivity contribution in [3.63, 3.8) is 0 Å². The molecule has 7 nitrogen and oxygen atoms in total. The predicted molar refractivity (Wildman–Crippen MR) is 138 cm³/mol. The molecule has 1 N–H and O–H groups in total. The number of carbonyl (C=O) groups is 1. The number of hydrogen-bond acceptors (Lipinski definition) is 7. The number of piperidine rings is 1. The van der Waals surface area contributed by atoms with Crippen molar-refractivity contribution >= 4 is 45.7 Å². The average Bonchev–Trinajstić information content (AvgIpc) is 3.21. The Hall–Kier alpha value is -2.55. The Labute approximate surface area is 208 Å². The van der Waals surface area contributed by atoms with E-state index < -0.39 is 5.66 Å². The SMILES string of the molecule is CCN1CCC2(CC1)N=C(SCC(=O)Nc1ccc3c(c1)OCCO3)C(c1ccc(Cl)cc1)=N2. The van der Waals surface area contributed by atoms with Crippen molar-refractivity contribution in [2.24, 2.45) is 9.98 Å². The smallest absolute Gasteiger partial charge is 0.234 e. The van der Waals surface area contributed by atoms with E-state index in [-0.39, 0.29) is 11.7 Å². The van der Waals surface area contributed by atoms with Gasteiger partial charge in [0.05, 0.1) is 11.5 Å². The third kappa shape index (κ3) is 5.09. The summed E-state index contributed by atoms with van der Waals surface area (Å²) in [5, 5.41) is 4.44. The lowest BCUT2D eigenvalue weighted by Crippen LogP contribution is -2.41. The average molecular weight is 499 g/mol. The Morgan fingerprint density at radius 1 is 1.09 bits per heavy atom. The Morgan fingerprint density at radius 2 is 1.82 bits per heavy atom. The van der Waals surface area contributed by atoms with Gasteiger partial charge in [-0.15, -0.1) is 0 Å². The number of carbonyl (C=O) groups excluding carboxylic acids is 1. The zero-order valence-corrected chi connectivity index (χ0v) is 20.6. The van der Waals surface area contributed by atoms with Gasteiger partial charge in [0.2, 0.25) is 5.91 Å². The number of likely N-dealkylation sites (tertiary alicyclic amines) is 1. The van der Waals surface area contributed by atoms with Crippen LogP contribution in [-0.2, 0) is 4.79 Å². The quantitative estimate of drug-likeness (QED) is 0.657. The van der Waals surface area contributed by atoms with Gasteiger partial charge in [-0.1, -0.05) is 42.4 Å². The number of amides is 1. The van der Waals surface area contributed by atoms with Crippen molar-refractivity contribution in [1.82, 2.24) is 4.90 Å². The van der Waals surface area contributed by atoms with Crippen molar-refractivity contribution in [2.45, 2.75) is 25.4 Å². The van der Waals surface area contributed by atoms with E-state index in [4.69, 9.17) is 31.1 Å². The summed E-state index contributed by atoms with van der Waals surface area (Å²) in [5.41, 5.74) is 2.06. The van der Waals surface area contributed by atoms with Crippen LogP contribution in [0.4, 0.5) is 5.69 Å². The number of anilines is 1. The van der Waals surface area contributed by atoms with E-state index in [0.29, 0.717) is 35.4 Å². The van der Waals surface area contributed by atoms with Crippen molar-refractivity contribution in [3.8, 4) is 11.5 Å². The van der Waals surface area contributed by atoms with E-state index >= 15 is 0 Å². The first-order chi connectivity index (χ1) is 16.5. The van der Waals surface area contributed by atoms with E-state index in [0.717, 1.165) is 48.8 Å². The molecule has 0 aliphatic carbocycles. The fourth-order valence-corrected chi connectivity index (χ4v) is 5.32. The molecule has 0 saturated carbocycles. The number of aliphatic imine (C=N–C) groups is 2. The molecule has 1 spiro atoms. The Balaban J connectivity index is 1.29. The number of ether oxygens (including phenoxy) is 2. The molecule has 1 saturated heterocycles. The van der Waals surface area contributed by atoms with Crippen LogP contribution in [0.25, 0.3) is 0 Å². The molecule has 0 radical (unpaired) electrons. The molecule has 1 amide bonds. The Bertz CT molecular complexity index is 1130. The molecule has 3 aliphatic rings. The lowest BCUT2D eigenvalue weighted by atomic mass is 9.98. The molecule has 178 valence electrons. The molecule has 9 heteroatoms. The van der Waals surface area contributed by atoms with Gasteiger partial charge in [0.25, 0.3) is 0 Å². The molecule has 2 aromatic rings. The highest BCUT2D eigenvalue weighted by Gasteiger charge is 2.39. The number of rotatable bonds is 5. The molecule has 3 aliphatic heterocycles. The minimum atomic E-state index is -0.435. The summed E-state index contributed by atoms with van der Waals surface area (Å²) in [6, 6.07) is 13.1. The summed E-state index contributed by atoms with van der Waals surface area (Å²) in [6.07, 6.45) is 1.76. The molecule has 0 unspecified atom stereocenters. The molecule has 5 rings (SSSR count). The molecule has 0 atom stereocenters. The normalized spacial score (nSPS) is 19.0. The maximum absolute atomic E-state index is 12.8. The van der Waals surface area contributed by atoms with E-state index in [1.807, 2.05) is 36.4 Å². The van der Waals surface area contributed by atoms with Gasteiger partial charge in [-0.2, -0.15) is 0 Å². The van der Waals surface area contributed by atoms with Crippen LogP contribution < -0.4 is 14.8 Å². The summed E-state index contributed by atoms with van der Waals surface area (Å²) >= 11 is 7.53. The molecule has 0 bridgehead atoms. The van der Waals surface area contributed by atoms with Gasteiger partial charge in [-0.25, -0.2) is 4.99 Å². The first-order valence-electron chi connectivity index (χ1n) is 11.5. The third-order valence-electron chi connectivity index (χ3n) is 6.22. The predicted octanol–water partition coefficient (Wildman–Crippen LogP) is 4.50. The lowest BCUT2D eigenvalue weighted by Gasteiger charge is -2.34. The fraction of sp³-hybridized carbons (Fsp3) is 0.400. The van der Waals surface area contributed by atoms with Crippen molar-refractivity contribution in [1.29, 1.82) is 0 Å². The number of hydrogen-bond donors (Lipinski definition) is 1. The van der Waals surface area contributed by atoms with E-state index in [2.05, 4.69) is 17.1 Å². The standard InChI is InChI=1S/C25H27ClN4O3S/c1-2-30-11-9-25(10-12-30)28-23(17-3-5-18(26)6-4-17)24(29-25)34-16-22(31)27-19-7-8-20-21(15-19)33-14-13-32-20/h3-8,15H,2,9-14,16H2,1H3,(H,27,31). The molecule has 0 aromatic heterocycles. The monoisotopic (exact) mass is 498 g/mol. The largest absolute Gasteiger partial charge is 0.486 e. The van der Waals surface area contributed by atoms with Gasteiger partial charge in [0.1, 0.15) is 18.3 Å². The van der Waals surface area contributed by atoms with Gasteiger partial charge in [0.15, 0.2) is 17.2 Å². The second-order valence-electron chi connectivity index (χ2n) is 8.50. The van der Waals surface area contributed by atoms with Gasteiger partial charge >= 0.3 is 0 Å². The van der Waals surface area contributed by atoms with Crippen LogP contribution in [0.2, 0.25) is 5.02 Å². The number of nitrogens with one attached hydrogen (secondary N) is 1. The number of halogens is 1. The summed E-state index contributed by atoms with van der Waals surface area (Å²) < 4.78 is 11.2. The molecule has 2 aromatic carbocycles. The minimum Gasteiger partial charge on any atom is -0.486 e. The van der Waals surface area contributed by atoms with Crippen LogP contribution in [0.1, 0.15) is 25.3 Å². The first-order valence-corrected chi connectivity index (χ1v) is 12.9. The Kier molecular flexibility index (Phi) is 6.81. The van der Waals surface area contributed by atoms with E-state index in [9.17, 15) is 4.79 Å². The van der Waals surface area contributed by atoms with E-state index in [1.165, 1.54) is 11.8 Å². The second kappa shape index (κ2) is 9.98. The van der Waals surface area contributed by atoms with E-state index in [1.54, 1.807) is 6.07 Å². The maximum atomic E-state index is 12.8. The van der Waals surface area contributed by atoms with Gasteiger partial charge < -0.3 is 19.7 Å². The maximum Gasteiger partial charge on any atom is 0.234 e. The molecular formula is C25H27ClN4O3S. The fourth-order valence-electron chi connectivity index (χ4n) is 4.32. The Morgan fingerprint density at radius 3 is 2.56 bits per heavy atom. The minimum absolute atomic E-state index is 0.110. The number of fused-ring (bicyclic) bond motifs is 1. The molecule has 34 heavy (non-hydrogen) atoms. The van der Waals surface area contributed by atoms with Crippen LogP contribution in [0.3, 0.4) is 0 Å². The van der Waals surface area contributed by atoms with Crippen LogP contribution >= 0.6 is 23.4 Å². The number of thioether (sulfide) groups is 1. The van der Waals surface area contributed by atoms with Crippen molar-refractivity contribution in [2.75, 3.05) is 43.9 Å². The molecule has 3 heterocycles. The zero-order chi connectivity index (χ0) is 23.5. The number of benzene rings is 2. The first kappa shape index (κ1) is 23.2. The highest BCUT2D eigenvalue weighted by Crippen LogP contribution is 2.36.